The molecule has 30 heavy (non-hydrogen) atoms. The molecule has 2 aromatic carbocycles. The highest BCUT2D eigenvalue weighted by molar-refractivity contribution is 5.95. The Labute approximate surface area is 177 Å². The van der Waals surface area contributed by atoms with Gasteiger partial charge in [0.1, 0.15) is 0 Å². The molecule has 1 aliphatic rings. The van der Waals surface area contributed by atoms with Crippen molar-refractivity contribution in [3.63, 3.8) is 0 Å². The number of fused-ring (bicyclic) bond motifs is 1. The number of carbonyl (C=O) groups excluding carboxylic acids is 2. The van der Waals surface area contributed by atoms with Crippen LogP contribution in [0.25, 0.3) is 10.8 Å². The first-order valence-corrected chi connectivity index (χ1v) is 10.7. The highest BCUT2D eigenvalue weighted by Crippen LogP contribution is 2.48. The topological polar surface area (TPSA) is 83.8 Å². The number of ether oxygens (including phenoxy) is 1. The Kier molecular flexibility index (Phi) is 6.93. The van der Waals surface area contributed by atoms with Crippen molar-refractivity contribution in [2.45, 2.75) is 64.1 Å². The van der Waals surface area contributed by atoms with Crippen LogP contribution in [0.3, 0.4) is 0 Å². The zero-order chi connectivity index (χ0) is 21.7. The van der Waals surface area contributed by atoms with E-state index in [1.54, 1.807) is 18.2 Å². The van der Waals surface area contributed by atoms with Crippen LogP contribution in [-0.2, 0) is 19.9 Å². The molecule has 0 saturated heterocycles. The lowest BCUT2D eigenvalue weighted by Crippen LogP contribution is -2.44. The van der Waals surface area contributed by atoms with Crippen molar-refractivity contribution in [1.29, 1.82) is 0 Å². The highest BCUT2D eigenvalue weighted by atomic mass is 16.6. The van der Waals surface area contributed by atoms with Gasteiger partial charge in [0.2, 0.25) is 5.60 Å². The van der Waals surface area contributed by atoms with Gasteiger partial charge in [-0.3, -0.25) is 9.59 Å². The van der Waals surface area contributed by atoms with E-state index in [1.165, 1.54) is 6.92 Å². The summed E-state index contributed by atoms with van der Waals surface area (Å²) in [6, 6.07) is 13.1. The first-order valence-electron chi connectivity index (χ1n) is 10.7. The lowest BCUT2D eigenvalue weighted by Gasteiger charge is -2.34. The number of rotatable bonds is 8. The summed E-state index contributed by atoms with van der Waals surface area (Å²) in [7, 11) is 0. The normalized spacial score (nSPS) is 24.4. The molecule has 3 atom stereocenters. The second-order valence-electron chi connectivity index (χ2n) is 8.04. The number of aliphatic hydroxyl groups is 2. The number of hydrogen-bond acceptors (Lipinski definition) is 5. The van der Waals surface area contributed by atoms with Crippen LogP contribution in [0.5, 0.6) is 0 Å². The largest absolute Gasteiger partial charge is 0.512 e. The van der Waals surface area contributed by atoms with Gasteiger partial charge >= 0.3 is 5.97 Å². The van der Waals surface area contributed by atoms with Crippen LogP contribution in [0.1, 0.15) is 57.9 Å². The van der Waals surface area contributed by atoms with Crippen molar-refractivity contribution in [2.24, 2.45) is 5.92 Å². The minimum absolute atomic E-state index is 0.0979. The Hall–Kier alpha value is -2.66. The van der Waals surface area contributed by atoms with Gasteiger partial charge in [-0.05, 0) is 35.8 Å². The molecule has 0 radical (unpaired) electrons. The monoisotopic (exact) mass is 410 g/mol. The number of Topliss-reactive ketones (excluding diaryl/α,β-unsaturated/α-hetero) is 1. The van der Waals surface area contributed by atoms with Crippen molar-refractivity contribution >= 4 is 22.5 Å². The first-order chi connectivity index (χ1) is 14.4. The number of aliphatic hydroxyl groups excluding tert-OH is 2. The van der Waals surface area contributed by atoms with E-state index in [0.717, 1.165) is 36.5 Å². The van der Waals surface area contributed by atoms with Crippen LogP contribution < -0.4 is 0 Å². The zero-order valence-corrected chi connectivity index (χ0v) is 17.6. The standard InChI is InChI=1S/C25H30O5/c1-3-4-5-6-7-12-21(27)24-22(28)16-23(29)25(24,30-17(2)26)20-14-13-18-10-8-9-11-19(18)15-20/h8-15,22,24,27-28H,3-7,16H2,1-2H3/b21-12-. The van der Waals surface area contributed by atoms with E-state index in [2.05, 4.69) is 6.92 Å². The molecule has 1 aliphatic carbocycles. The summed E-state index contributed by atoms with van der Waals surface area (Å²) in [5.41, 5.74) is -1.27. The summed E-state index contributed by atoms with van der Waals surface area (Å²) in [4.78, 5) is 25.2. The maximum atomic E-state index is 13.1. The Morgan fingerprint density at radius 3 is 2.60 bits per heavy atom. The van der Waals surface area contributed by atoms with E-state index in [9.17, 15) is 19.8 Å². The number of unbranched alkanes of at least 4 members (excludes halogenated alkanes) is 4. The van der Waals surface area contributed by atoms with E-state index in [-0.39, 0.29) is 12.2 Å². The Balaban J connectivity index is 2.04. The number of ketones is 1. The Morgan fingerprint density at radius 1 is 1.17 bits per heavy atom. The number of hydrogen-bond donors (Lipinski definition) is 2. The summed E-state index contributed by atoms with van der Waals surface area (Å²) < 4.78 is 5.65. The fourth-order valence-electron chi connectivity index (χ4n) is 4.42. The second kappa shape index (κ2) is 9.43. The van der Waals surface area contributed by atoms with Gasteiger partial charge in [0.25, 0.3) is 0 Å². The van der Waals surface area contributed by atoms with E-state index < -0.39 is 29.4 Å². The average Bonchev–Trinajstić information content (AvgIpc) is 2.97. The van der Waals surface area contributed by atoms with Crippen molar-refractivity contribution in [2.75, 3.05) is 0 Å². The third-order valence-corrected chi connectivity index (χ3v) is 5.84. The third-order valence-electron chi connectivity index (χ3n) is 5.84. The van der Waals surface area contributed by atoms with Gasteiger partial charge in [-0.1, -0.05) is 62.6 Å². The second-order valence-corrected chi connectivity index (χ2v) is 8.04. The van der Waals surface area contributed by atoms with Gasteiger partial charge < -0.3 is 14.9 Å². The third kappa shape index (κ3) is 4.26. The number of esters is 1. The molecule has 0 heterocycles. The van der Waals surface area contributed by atoms with E-state index >= 15 is 0 Å². The summed E-state index contributed by atoms with van der Waals surface area (Å²) in [6.07, 6.45) is 5.17. The smallest absolute Gasteiger partial charge is 0.303 e. The summed E-state index contributed by atoms with van der Waals surface area (Å²) in [5, 5.41) is 23.4. The van der Waals surface area contributed by atoms with Gasteiger partial charge in [-0.25, -0.2) is 0 Å². The van der Waals surface area contributed by atoms with Crippen LogP contribution in [-0.4, -0.2) is 28.1 Å². The quantitative estimate of drug-likeness (QED) is 0.365. The molecule has 1 fully saturated rings. The molecule has 2 N–H and O–H groups in total. The van der Waals surface area contributed by atoms with Crippen LogP contribution in [0.2, 0.25) is 0 Å². The van der Waals surface area contributed by atoms with Gasteiger partial charge in [0.15, 0.2) is 5.78 Å². The minimum Gasteiger partial charge on any atom is -0.512 e. The number of carbonyl (C=O) groups is 2. The molecule has 0 spiro atoms. The maximum Gasteiger partial charge on any atom is 0.303 e. The van der Waals surface area contributed by atoms with E-state index in [1.807, 2.05) is 30.3 Å². The molecule has 0 amide bonds. The molecule has 0 aromatic heterocycles. The predicted octanol–water partition coefficient (Wildman–Crippen LogP) is 4.96. The molecule has 0 bridgehead atoms. The fourth-order valence-corrected chi connectivity index (χ4v) is 4.42. The molecule has 5 heteroatoms. The molecule has 0 aliphatic heterocycles. The highest BCUT2D eigenvalue weighted by Gasteiger charge is 2.60. The van der Waals surface area contributed by atoms with Gasteiger partial charge in [-0.15, -0.1) is 0 Å². The molecular weight excluding hydrogens is 380 g/mol. The van der Waals surface area contributed by atoms with Crippen LogP contribution in [0.4, 0.5) is 0 Å². The summed E-state index contributed by atoms with van der Waals surface area (Å²) in [6.45, 7) is 3.37. The average molecular weight is 411 g/mol. The summed E-state index contributed by atoms with van der Waals surface area (Å²) in [5.74, 6) is -2.16. The molecular formula is C25H30O5. The predicted molar refractivity (Wildman–Crippen MR) is 116 cm³/mol. The number of allylic oxidation sites excluding steroid dienone is 1. The van der Waals surface area contributed by atoms with E-state index in [0.29, 0.717) is 12.0 Å². The molecule has 5 nitrogen and oxygen atoms in total. The fraction of sp³-hybridized carbons (Fsp3) is 0.440. The molecule has 1 saturated carbocycles. The van der Waals surface area contributed by atoms with Crippen molar-refractivity contribution < 1.29 is 24.5 Å². The van der Waals surface area contributed by atoms with Crippen molar-refractivity contribution in [3.05, 3.63) is 59.9 Å². The number of benzene rings is 2. The van der Waals surface area contributed by atoms with Crippen molar-refractivity contribution in [1.82, 2.24) is 0 Å². The Morgan fingerprint density at radius 2 is 1.90 bits per heavy atom. The maximum absolute atomic E-state index is 13.1. The van der Waals surface area contributed by atoms with Crippen LogP contribution in [0, 0.1) is 5.92 Å². The van der Waals surface area contributed by atoms with E-state index in [4.69, 9.17) is 4.74 Å². The van der Waals surface area contributed by atoms with Gasteiger partial charge in [0.05, 0.1) is 17.8 Å². The van der Waals surface area contributed by atoms with Gasteiger partial charge in [-0.2, -0.15) is 0 Å². The lowest BCUT2D eigenvalue weighted by atomic mass is 9.80. The first kappa shape index (κ1) is 22.0. The molecule has 3 unspecified atom stereocenters. The lowest BCUT2D eigenvalue weighted by molar-refractivity contribution is -0.170. The summed E-state index contributed by atoms with van der Waals surface area (Å²) >= 11 is 0. The molecule has 160 valence electrons. The van der Waals surface area contributed by atoms with Crippen LogP contribution in [0.15, 0.2) is 54.3 Å². The van der Waals surface area contributed by atoms with Crippen LogP contribution >= 0.6 is 0 Å². The molecule has 2 aromatic rings. The molecule has 3 rings (SSSR count). The SMILES string of the molecule is CCCCCC/C=C(\O)C1C(O)CC(=O)C1(OC(C)=O)c1ccc2ccccc2c1. The minimum atomic E-state index is -1.74. The van der Waals surface area contributed by atoms with Gasteiger partial charge in [0, 0.05) is 18.9 Å². The Bertz CT molecular complexity index is 947. The van der Waals surface area contributed by atoms with Crippen molar-refractivity contribution in [3.8, 4) is 0 Å². The zero-order valence-electron chi connectivity index (χ0n) is 17.6.